The zero-order chi connectivity index (χ0) is 22.2. The van der Waals surface area contributed by atoms with Crippen LogP contribution >= 0.6 is 0 Å². The van der Waals surface area contributed by atoms with E-state index < -0.39 is 0 Å². The maximum atomic E-state index is 12.8. The first-order valence-corrected chi connectivity index (χ1v) is 11.2. The number of aryl methyl sites for hydroxylation is 1. The fourth-order valence-corrected chi connectivity index (χ4v) is 4.74. The number of nitrogens with zero attached hydrogens (tertiary/aromatic N) is 2. The first kappa shape index (κ1) is 21.4. The fourth-order valence-electron chi connectivity index (χ4n) is 4.74. The third kappa shape index (κ3) is 4.58. The largest absolute Gasteiger partial charge is 0.355 e. The van der Waals surface area contributed by atoms with Crippen molar-refractivity contribution < 1.29 is 9.32 Å². The minimum atomic E-state index is 0.151. The summed E-state index contributed by atoms with van der Waals surface area (Å²) in [6.07, 6.45) is 3.52. The Balaban J connectivity index is 1.50. The van der Waals surface area contributed by atoms with E-state index >= 15 is 0 Å². The highest BCUT2D eigenvalue weighted by atomic mass is 16.5. The summed E-state index contributed by atoms with van der Waals surface area (Å²) >= 11 is 0. The number of anilines is 1. The van der Waals surface area contributed by atoms with Crippen molar-refractivity contribution in [1.29, 1.82) is 0 Å². The second-order valence-corrected chi connectivity index (χ2v) is 10.1. The lowest BCUT2D eigenvalue weighted by molar-refractivity contribution is -0.119. The van der Waals surface area contributed by atoms with Crippen LogP contribution in [0.1, 0.15) is 51.7 Å². The van der Waals surface area contributed by atoms with Crippen LogP contribution in [0.5, 0.6) is 0 Å². The van der Waals surface area contributed by atoms with Gasteiger partial charge in [0.2, 0.25) is 5.91 Å². The van der Waals surface area contributed by atoms with Gasteiger partial charge in [0.15, 0.2) is 5.76 Å². The van der Waals surface area contributed by atoms with Crippen LogP contribution in [-0.2, 0) is 17.6 Å². The van der Waals surface area contributed by atoms with Crippen LogP contribution in [0.3, 0.4) is 0 Å². The van der Waals surface area contributed by atoms with Gasteiger partial charge in [-0.3, -0.25) is 4.79 Å². The summed E-state index contributed by atoms with van der Waals surface area (Å²) in [7, 11) is 1.86. The van der Waals surface area contributed by atoms with Crippen molar-refractivity contribution in [3.05, 3.63) is 59.7 Å². The van der Waals surface area contributed by atoms with Crippen LogP contribution in [0.4, 0.5) is 5.69 Å². The monoisotopic (exact) mass is 416 g/mol. The molecule has 0 fully saturated rings. The average molecular weight is 417 g/mol. The minimum Gasteiger partial charge on any atom is -0.355 e. The number of rotatable bonds is 5. The Kier molecular flexibility index (Phi) is 5.74. The molecule has 1 amide bonds. The molecule has 31 heavy (non-hydrogen) atoms. The summed E-state index contributed by atoms with van der Waals surface area (Å²) in [6.45, 7) is 8.82. The number of carbonyl (C=O) groups is 1. The zero-order valence-corrected chi connectivity index (χ0v) is 19.2. The topological polar surface area (TPSA) is 46.3 Å². The molecule has 162 valence electrons. The molecule has 4 rings (SSSR count). The lowest BCUT2D eigenvalue weighted by Gasteiger charge is -2.25. The van der Waals surface area contributed by atoms with Crippen molar-refractivity contribution in [2.75, 3.05) is 11.9 Å². The standard InChI is InChI=1S/C27H32N2O2/c1-18(17-27(2,3)4)16-24(30)29(5)21-13-10-20(11-14-21)26-23-15-12-19-8-6-7-9-22(19)25(23)28-31-26/h6-11,13-14,18H,12,15-17H2,1-5H3. The molecule has 0 bridgehead atoms. The van der Waals surface area contributed by atoms with E-state index in [1.165, 1.54) is 16.7 Å². The Hall–Kier alpha value is -2.88. The van der Waals surface area contributed by atoms with Crippen molar-refractivity contribution >= 4 is 11.6 Å². The Morgan fingerprint density at radius 2 is 1.81 bits per heavy atom. The van der Waals surface area contributed by atoms with Gasteiger partial charge in [-0.05, 0) is 60.4 Å². The summed E-state index contributed by atoms with van der Waals surface area (Å²) in [5, 5.41) is 4.38. The Morgan fingerprint density at radius 3 is 2.52 bits per heavy atom. The van der Waals surface area contributed by atoms with E-state index in [9.17, 15) is 4.79 Å². The molecule has 3 aromatic rings. The number of fused-ring (bicyclic) bond motifs is 3. The summed E-state index contributed by atoms with van der Waals surface area (Å²) in [5.74, 6) is 1.35. The number of aromatic nitrogens is 1. The van der Waals surface area contributed by atoms with Crippen LogP contribution in [0, 0.1) is 11.3 Å². The first-order valence-electron chi connectivity index (χ1n) is 11.2. The maximum Gasteiger partial charge on any atom is 0.226 e. The summed E-state index contributed by atoms with van der Waals surface area (Å²) in [5.41, 5.74) is 6.76. The van der Waals surface area contributed by atoms with Crippen LogP contribution < -0.4 is 4.90 Å². The molecule has 4 heteroatoms. The van der Waals surface area contributed by atoms with Gasteiger partial charge in [0, 0.05) is 35.8 Å². The molecule has 1 heterocycles. The highest BCUT2D eigenvalue weighted by molar-refractivity contribution is 5.93. The third-order valence-electron chi connectivity index (χ3n) is 6.08. The zero-order valence-electron chi connectivity index (χ0n) is 19.2. The highest BCUT2D eigenvalue weighted by Crippen LogP contribution is 2.38. The number of carbonyl (C=O) groups excluding carboxylic acids is 1. The smallest absolute Gasteiger partial charge is 0.226 e. The van der Waals surface area contributed by atoms with Gasteiger partial charge in [-0.1, -0.05) is 57.1 Å². The maximum absolute atomic E-state index is 12.8. The number of benzene rings is 2. The predicted molar refractivity (Wildman–Crippen MR) is 126 cm³/mol. The van der Waals surface area contributed by atoms with Crippen LogP contribution in [0.2, 0.25) is 0 Å². The van der Waals surface area contributed by atoms with Gasteiger partial charge in [-0.25, -0.2) is 0 Å². The first-order chi connectivity index (χ1) is 14.7. The molecule has 1 aromatic heterocycles. The van der Waals surface area contributed by atoms with Crippen LogP contribution in [-0.4, -0.2) is 18.1 Å². The predicted octanol–water partition coefficient (Wildman–Crippen LogP) is 6.53. The van der Waals surface area contributed by atoms with Gasteiger partial charge in [0.25, 0.3) is 0 Å². The molecular weight excluding hydrogens is 384 g/mol. The van der Waals surface area contributed by atoms with Crippen LogP contribution in [0.25, 0.3) is 22.6 Å². The number of hydrogen-bond donors (Lipinski definition) is 0. The number of amides is 1. The molecule has 0 radical (unpaired) electrons. The van der Waals surface area contributed by atoms with Gasteiger partial charge in [-0.15, -0.1) is 0 Å². The van der Waals surface area contributed by atoms with Crippen molar-refractivity contribution in [1.82, 2.24) is 5.16 Å². The van der Waals surface area contributed by atoms with Crippen molar-refractivity contribution in [2.45, 2.75) is 53.4 Å². The van der Waals surface area contributed by atoms with E-state index in [-0.39, 0.29) is 11.3 Å². The van der Waals surface area contributed by atoms with Crippen molar-refractivity contribution in [3.8, 4) is 22.6 Å². The summed E-state index contributed by atoms with van der Waals surface area (Å²) in [4.78, 5) is 14.5. The fraction of sp³-hybridized carbons (Fsp3) is 0.407. The van der Waals surface area contributed by atoms with Gasteiger partial charge < -0.3 is 9.42 Å². The molecule has 0 saturated heterocycles. The third-order valence-corrected chi connectivity index (χ3v) is 6.08. The molecule has 1 atom stereocenters. The molecule has 1 aliphatic carbocycles. The van der Waals surface area contributed by atoms with Crippen molar-refractivity contribution in [3.63, 3.8) is 0 Å². The van der Waals surface area contributed by atoms with E-state index in [4.69, 9.17) is 4.52 Å². The van der Waals surface area contributed by atoms with Crippen LogP contribution in [0.15, 0.2) is 53.1 Å². The summed E-state index contributed by atoms with van der Waals surface area (Å²) in [6, 6.07) is 16.4. The normalized spacial score (nSPS) is 14.0. The highest BCUT2D eigenvalue weighted by Gasteiger charge is 2.25. The SMILES string of the molecule is CC(CC(=O)N(C)c1ccc(-c2onc3c2CCc2ccccc2-3)cc1)CC(C)(C)C. The Labute approximate surface area is 185 Å². The van der Waals surface area contributed by atoms with Gasteiger partial charge >= 0.3 is 0 Å². The molecular formula is C27H32N2O2. The van der Waals surface area contributed by atoms with Crippen molar-refractivity contribution in [2.24, 2.45) is 11.3 Å². The second-order valence-electron chi connectivity index (χ2n) is 10.1. The Morgan fingerprint density at radius 1 is 1.10 bits per heavy atom. The van der Waals surface area contributed by atoms with E-state index in [0.29, 0.717) is 12.3 Å². The Bertz CT molecular complexity index is 1070. The molecule has 4 nitrogen and oxygen atoms in total. The van der Waals surface area contributed by atoms with E-state index in [0.717, 1.165) is 42.0 Å². The minimum absolute atomic E-state index is 0.151. The van der Waals surface area contributed by atoms with E-state index in [1.54, 1.807) is 4.90 Å². The quantitative estimate of drug-likeness (QED) is 0.475. The van der Waals surface area contributed by atoms with E-state index in [2.05, 4.69) is 51.1 Å². The van der Waals surface area contributed by atoms with E-state index in [1.807, 2.05) is 37.4 Å². The van der Waals surface area contributed by atoms with Gasteiger partial charge in [-0.2, -0.15) is 0 Å². The molecule has 0 saturated carbocycles. The average Bonchev–Trinajstić information content (AvgIpc) is 3.16. The lowest BCUT2D eigenvalue weighted by atomic mass is 9.84. The molecule has 0 N–H and O–H groups in total. The lowest BCUT2D eigenvalue weighted by Crippen LogP contribution is -2.28. The number of hydrogen-bond acceptors (Lipinski definition) is 3. The molecule has 2 aromatic carbocycles. The molecule has 0 aliphatic heterocycles. The molecule has 0 spiro atoms. The molecule has 1 unspecified atom stereocenters. The molecule has 1 aliphatic rings. The van der Waals surface area contributed by atoms with Gasteiger partial charge in [0.05, 0.1) is 0 Å². The second kappa shape index (κ2) is 8.33. The summed E-state index contributed by atoms with van der Waals surface area (Å²) < 4.78 is 5.78. The van der Waals surface area contributed by atoms with Gasteiger partial charge in [0.1, 0.15) is 5.69 Å².